The van der Waals surface area contributed by atoms with E-state index in [2.05, 4.69) is 0 Å². The maximum absolute atomic E-state index is 11.0. The molecule has 0 radical (unpaired) electrons. The first-order chi connectivity index (χ1) is 7.09. The summed E-state index contributed by atoms with van der Waals surface area (Å²) in [6.07, 6.45) is 2.90. The van der Waals surface area contributed by atoms with Crippen molar-refractivity contribution in [3.05, 3.63) is 41.5 Å². The zero-order valence-electron chi connectivity index (χ0n) is 8.43. The molecule has 0 atom stereocenters. The monoisotopic (exact) mass is 204 g/mol. The van der Waals surface area contributed by atoms with Crippen molar-refractivity contribution in [2.24, 2.45) is 0 Å². The van der Waals surface area contributed by atoms with Gasteiger partial charge >= 0.3 is 5.97 Å². The number of aliphatic carboxylic acids is 1. The molecule has 1 N–H and O–H groups in total. The van der Waals surface area contributed by atoms with Crippen molar-refractivity contribution in [1.82, 2.24) is 0 Å². The molecule has 1 rings (SSSR count). The maximum atomic E-state index is 11.0. The maximum Gasteiger partial charge on any atom is 0.328 e. The van der Waals surface area contributed by atoms with Gasteiger partial charge in [0, 0.05) is 12.5 Å². The highest BCUT2D eigenvalue weighted by Crippen LogP contribution is 2.11. The first-order valence-corrected chi connectivity index (χ1v) is 4.58. The van der Waals surface area contributed by atoms with Crippen molar-refractivity contribution in [2.45, 2.75) is 13.3 Å². The van der Waals surface area contributed by atoms with E-state index >= 15 is 0 Å². The molecule has 3 heteroatoms. The third kappa shape index (κ3) is 3.77. The van der Waals surface area contributed by atoms with Crippen molar-refractivity contribution >= 4 is 17.8 Å². The molecule has 0 saturated carbocycles. The van der Waals surface area contributed by atoms with Gasteiger partial charge in [0.2, 0.25) is 0 Å². The summed E-state index contributed by atoms with van der Waals surface area (Å²) < 4.78 is 0. The lowest BCUT2D eigenvalue weighted by atomic mass is 10.0. The average molecular weight is 204 g/mol. The summed E-state index contributed by atoms with van der Waals surface area (Å²) in [6, 6.07) is 7.25. The lowest BCUT2D eigenvalue weighted by Crippen LogP contribution is -1.98. The number of ketones is 1. The van der Waals surface area contributed by atoms with Gasteiger partial charge in [0.15, 0.2) is 0 Å². The molecule has 0 aliphatic heterocycles. The molecular formula is C12H12O3. The van der Waals surface area contributed by atoms with Gasteiger partial charge in [-0.15, -0.1) is 0 Å². The minimum atomic E-state index is -0.993. The molecule has 78 valence electrons. The first-order valence-electron chi connectivity index (χ1n) is 4.58. The van der Waals surface area contributed by atoms with Crippen molar-refractivity contribution in [2.75, 3.05) is 0 Å². The number of carbonyl (C=O) groups is 2. The third-order valence-electron chi connectivity index (χ3n) is 1.90. The van der Waals surface area contributed by atoms with Gasteiger partial charge in [0.1, 0.15) is 5.78 Å². The van der Waals surface area contributed by atoms with E-state index in [-0.39, 0.29) is 5.78 Å². The molecule has 1 aromatic rings. The van der Waals surface area contributed by atoms with Crippen LogP contribution >= 0.6 is 0 Å². The zero-order valence-corrected chi connectivity index (χ0v) is 8.43. The molecule has 0 spiro atoms. The standard InChI is InChI=1S/C12H12O3/c1-9(13)8-11-5-3-2-4-10(11)6-7-12(14)15/h2-7H,8H2,1H3,(H,14,15)/b7-6+. The number of hydrogen-bond acceptors (Lipinski definition) is 2. The van der Waals surface area contributed by atoms with Crippen LogP contribution < -0.4 is 0 Å². The molecule has 0 aliphatic rings. The van der Waals surface area contributed by atoms with E-state index in [1.54, 1.807) is 6.07 Å². The molecule has 3 nitrogen and oxygen atoms in total. The number of rotatable bonds is 4. The molecule has 0 fully saturated rings. The summed E-state index contributed by atoms with van der Waals surface area (Å²) in [5.74, 6) is -0.932. The van der Waals surface area contributed by atoms with Crippen LogP contribution in [-0.2, 0) is 16.0 Å². The quantitative estimate of drug-likeness (QED) is 0.762. The number of benzene rings is 1. The normalized spacial score (nSPS) is 10.5. The molecule has 0 amide bonds. The molecule has 0 heterocycles. The summed E-state index contributed by atoms with van der Waals surface area (Å²) in [5.41, 5.74) is 1.62. The molecule has 0 aliphatic carbocycles. The van der Waals surface area contributed by atoms with Crippen LogP contribution in [-0.4, -0.2) is 16.9 Å². The highest BCUT2D eigenvalue weighted by molar-refractivity contribution is 5.86. The topological polar surface area (TPSA) is 54.4 Å². The number of carboxylic acid groups (broad SMARTS) is 1. The number of Topliss-reactive ketones (excluding diaryl/α,β-unsaturated/α-hetero) is 1. The molecule has 0 unspecified atom stereocenters. The molecule has 0 aromatic heterocycles. The number of carboxylic acids is 1. The van der Waals surface area contributed by atoms with E-state index in [9.17, 15) is 9.59 Å². The highest BCUT2D eigenvalue weighted by atomic mass is 16.4. The molecule has 0 bridgehead atoms. The molecule has 1 aromatic carbocycles. The van der Waals surface area contributed by atoms with E-state index in [4.69, 9.17) is 5.11 Å². The van der Waals surface area contributed by atoms with Crippen molar-refractivity contribution in [3.63, 3.8) is 0 Å². The van der Waals surface area contributed by atoms with Crippen LogP contribution in [0.25, 0.3) is 6.08 Å². The van der Waals surface area contributed by atoms with E-state index in [0.717, 1.165) is 17.2 Å². The Morgan fingerprint density at radius 2 is 2.00 bits per heavy atom. The lowest BCUT2D eigenvalue weighted by Gasteiger charge is -2.02. The summed E-state index contributed by atoms with van der Waals surface area (Å²) in [5, 5.41) is 8.49. The van der Waals surface area contributed by atoms with Gasteiger partial charge < -0.3 is 5.11 Å². The average Bonchev–Trinajstić information content (AvgIpc) is 2.15. The smallest absolute Gasteiger partial charge is 0.328 e. The third-order valence-corrected chi connectivity index (χ3v) is 1.90. The second kappa shape index (κ2) is 5.10. The predicted molar refractivity (Wildman–Crippen MR) is 57.5 cm³/mol. The predicted octanol–water partition coefficient (Wildman–Crippen LogP) is 1.92. The first kappa shape index (κ1) is 11.2. The van der Waals surface area contributed by atoms with Crippen LogP contribution in [0.5, 0.6) is 0 Å². The Bertz CT molecular complexity index is 405. The molecule has 15 heavy (non-hydrogen) atoms. The number of hydrogen-bond donors (Lipinski definition) is 1. The van der Waals surface area contributed by atoms with Gasteiger partial charge in [0.05, 0.1) is 0 Å². The van der Waals surface area contributed by atoms with Crippen molar-refractivity contribution in [3.8, 4) is 0 Å². The van der Waals surface area contributed by atoms with Crippen molar-refractivity contribution in [1.29, 1.82) is 0 Å². The van der Waals surface area contributed by atoms with Gasteiger partial charge in [-0.25, -0.2) is 4.79 Å². The Labute approximate surface area is 88.0 Å². The van der Waals surface area contributed by atoms with Gasteiger partial charge in [-0.1, -0.05) is 24.3 Å². The van der Waals surface area contributed by atoms with Crippen LogP contribution in [0.15, 0.2) is 30.3 Å². The van der Waals surface area contributed by atoms with E-state index in [0.29, 0.717) is 6.42 Å². The van der Waals surface area contributed by atoms with Gasteiger partial charge in [0.25, 0.3) is 0 Å². The zero-order chi connectivity index (χ0) is 11.3. The second-order valence-electron chi connectivity index (χ2n) is 3.25. The van der Waals surface area contributed by atoms with Crippen LogP contribution in [0.2, 0.25) is 0 Å². The Morgan fingerprint density at radius 1 is 1.33 bits per heavy atom. The summed E-state index contributed by atoms with van der Waals surface area (Å²) in [7, 11) is 0. The fraction of sp³-hybridized carbons (Fsp3) is 0.167. The second-order valence-corrected chi connectivity index (χ2v) is 3.25. The van der Waals surface area contributed by atoms with Gasteiger partial charge in [-0.3, -0.25) is 4.79 Å². The van der Waals surface area contributed by atoms with Crippen LogP contribution in [0.4, 0.5) is 0 Å². The Hall–Kier alpha value is -1.90. The number of carbonyl (C=O) groups excluding carboxylic acids is 1. The minimum absolute atomic E-state index is 0.0613. The molecule has 0 saturated heterocycles. The lowest BCUT2D eigenvalue weighted by molar-refractivity contribution is -0.131. The largest absolute Gasteiger partial charge is 0.478 e. The Balaban J connectivity index is 2.95. The highest BCUT2D eigenvalue weighted by Gasteiger charge is 2.01. The fourth-order valence-electron chi connectivity index (χ4n) is 1.29. The van der Waals surface area contributed by atoms with Gasteiger partial charge in [-0.05, 0) is 24.1 Å². The Morgan fingerprint density at radius 3 is 2.60 bits per heavy atom. The van der Waals surface area contributed by atoms with E-state index in [1.165, 1.54) is 13.0 Å². The minimum Gasteiger partial charge on any atom is -0.478 e. The van der Waals surface area contributed by atoms with Crippen molar-refractivity contribution < 1.29 is 14.7 Å². The van der Waals surface area contributed by atoms with E-state index < -0.39 is 5.97 Å². The van der Waals surface area contributed by atoms with Crippen LogP contribution in [0.1, 0.15) is 18.1 Å². The SMILES string of the molecule is CC(=O)Cc1ccccc1/C=C/C(=O)O. The summed E-state index contributed by atoms with van der Waals surface area (Å²) in [4.78, 5) is 21.3. The van der Waals surface area contributed by atoms with E-state index in [1.807, 2.05) is 18.2 Å². The van der Waals surface area contributed by atoms with Gasteiger partial charge in [-0.2, -0.15) is 0 Å². The van der Waals surface area contributed by atoms with Crippen LogP contribution in [0.3, 0.4) is 0 Å². The summed E-state index contributed by atoms with van der Waals surface area (Å²) in [6.45, 7) is 1.51. The van der Waals surface area contributed by atoms with Crippen LogP contribution in [0, 0.1) is 0 Å². The summed E-state index contributed by atoms with van der Waals surface area (Å²) >= 11 is 0. The fourth-order valence-corrected chi connectivity index (χ4v) is 1.29. The molecular weight excluding hydrogens is 192 g/mol. The Kier molecular flexibility index (Phi) is 3.80.